The second-order valence-electron chi connectivity index (χ2n) is 9.86. The Morgan fingerprint density at radius 3 is 1.92 bits per heavy atom. The summed E-state index contributed by atoms with van der Waals surface area (Å²) < 4.78 is 55.1. The van der Waals surface area contributed by atoms with E-state index in [9.17, 15) is 26.8 Å². The number of benzene rings is 3. The van der Waals surface area contributed by atoms with Gasteiger partial charge in [0.05, 0.1) is 10.6 Å². The minimum Gasteiger partial charge on any atom is -0.350 e. The number of sulfonamides is 1. The molecule has 202 valence electrons. The molecule has 0 fully saturated rings. The fraction of sp³-hybridized carbons (Fsp3) is 0.286. The molecule has 3 aromatic rings. The van der Waals surface area contributed by atoms with Crippen molar-refractivity contribution in [3.8, 4) is 0 Å². The summed E-state index contributed by atoms with van der Waals surface area (Å²) in [5.74, 6) is -2.14. The average molecular weight is 544 g/mol. The van der Waals surface area contributed by atoms with Gasteiger partial charge in [-0.3, -0.25) is 13.9 Å². The molecule has 7 nitrogen and oxygen atoms in total. The number of halogens is 2. The number of nitrogens with zero attached hydrogens (tertiary/aromatic N) is 2. The smallest absolute Gasteiger partial charge is 0.264 e. The highest BCUT2D eigenvalue weighted by molar-refractivity contribution is 7.92. The van der Waals surface area contributed by atoms with Gasteiger partial charge in [0.15, 0.2) is 0 Å². The lowest BCUT2D eigenvalue weighted by Crippen LogP contribution is -2.54. The van der Waals surface area contributed by atoms with E-state index in [-0.39, 0.29) is 17.1 Å². The molecule has 0 saturated heterocycles. The molecule has 0 aliphatic rings. The Bertz CT molecular complexity index is 1360. The second kappa shape index (κ2) is 11.7. The molecule has 0 aromatic heterocycles. The van der Waals surface area contributed by atoms with Crippen LogP contribution in [0.4, 0.5) is 14.5 Å². The number of amides is 2. The first-order chi connectivity index (χ1) is 17.8. The van der Waals surface area contributed by atoms with Crippen LogP contribution in [0.1, 0.15) is 33.3 Å². The summed E-state index contributed by atoms with van der Waals surface area (Å²) in [5.41, 5.74) is 0.208. The van der Waals surface area contributed by atoms with E-state index in [4.69, 9.17) is 0 Å². The first kappa shape index (κ1) is 28.8. The Hall–Kier alpha value is -3.79. The molecule has 0 bridgehead atoms. The van der Waals surface area contributed by atoms with Crippen LogP contribution in [-0.4, -0.2) is 43.3 Å². The third-order valence-electron chi connectivity index (χ3n) is 5.66. The molecule has 1 unspecified atom stereocenters. The highest BCUT2D eigenvalue weighted by Crippen LogP contribution is 2.24. The van der Waals surface area contributed by atoms with E-state index < -0.39 is 51.6 Å². The van der Waals surface area contributed by atoms with Crippen molar-refractivity contribution in [1.82, 2.24) is 10.2 Å². The first-order valence-electron chi connectivity index (χ1n) is 12.0. The minimum absolute atomic E-state index is 0.0585. The standard InChI is InChI=1S/C28H31F2N3O4S/c1-20(27(35)31-28(2,3)4)32(18-21-10-12-22(29)13-11-21)26(34)19-33(24-8-6-5-7-9-24)38(36,37)25-16-14-23(30)15-17-25/h5-17,20H,18-19H2,1-4H3,(H,31,35). The fourth-order valence-corrected chi connectivity index (χ4v) is 5.11. The zero-order chi connectivity index (χ0) is 28.1. The number of hydrogen-bond acceptors (Lipinski definition) is 4. The first-order valence-corrected chi connectivity index (χ1v) is 13.4. The number of para-hydroxylation sites is 1. The molecule has 0 heterocycles. The number of carbonyl (C=O) groups excluding carboxylic acids is 2. The molecule has 3 aromatic carbocycles. The van der Waals surface area contributed by atoms with Crippen molar-refractivity contribution >= 4 is 27.5 Å². The van der Waals surface area contributed by atoms with Gasteiger partial charge in [-0.25, -0.2) is 17.2 Å². The summed E-state index contributed by atoms with van der Waals surface area (Å²) in [4.78, 5) is 27.8. The summed E-state index contributed by atoms with van der Waals surface area (Å²) >= 11 is 0. The van der Waals surface area contributed by atoms with Gasteiger partial charge < -0.3 is 10.2 Å². The van der Waals surface area contributed by atoms with Gasteiger partial charge in [-0.2, -0.15) is 0 Å². The maximum atomic E-state index is 13.7. The molecule has 0 spiro atoms. The molecular weight excluding hydrogens is 512 g/mol. The molecule has 0 saturated carbocycles. The molecular formula is C28H31F2N3O4S. The van der Waals surface area contributed by atoms with Gasteiger partial charge in [0.2, 0.25) is 11.8 Å². The van der Waals surface area contributed by atoms with Crippen LogP contribution in [0.5, 0.6) is 0 Å². The largest absolute Gasteiger partial charge is 0.350 e. The summed E-state index contributed by atoms with van der Waals surface area (Å²) in [5, 5.41) is 2.84. The molecule has 0 radical (unpaired) electrons. The minimum atomic E-state index is -4.28. The molecule has 3 rings (SSSR count). The highest BCUT2D eigenvalue weighted by atomic mass is 32.2. The number of hydrogen-bond donors (Lipinski definition) is 1. The molecule has 10 heteroatoms. The van der Waals surface area contributed by atoms with Crippen molar-refractivity contribution in [3.05, 3.63) is 96.1 Å². The Balaban J connectivity index is 2.00. The molecule has 1 N–H and O–H groups in total. The fourth-order valence-electron chi connectivity index (χ4n) is 3.70. The Kier molecular flexibility index (Phi) is 8.88. The summed E-state index contributed by atoms with van der Waals surface area (Å²) in [6.45, 7) is 6.27. The maximum Gasteiger partial charge on any atom is 0.264 e. The Morgan fingerprint density at radius 1 is 0.868 bits per heavy atom. The summed E-state index contributed by atoms with van der Waals surface area (Å²) in [7, 11) is -4.28. The van der Waals surface area contributed by atoms with Crippen molar-refractivity contribution in [3.63, 3.8) is 0 Å². The van der Waals surface area contributed by atoms with Crippen molar-refractivity contribution < 1.29 is 26.8 Å². The Labute approximate surface area is 222 Å². The van der Waals surface area contributed by atoms with Crippen LogP contribution in [0.3, 0.4) is 0 Å². The van der Waals surface area contributed by atoms with Gasteiger partial charge >= 0.3 is 0 Å². The molecule has 38 heavy (non-hydrogen) atoms. The zero-order valence-electron chi connectivity index (χ0n) is 21.7. The quantitative estimate of drug-likeness (QED) is 0.431. The average Bonchev–Trinajstić information content (AvgIpc) is 2.86. The van der Waals surface area contributed by atoms with E-state index in [1.807, 2.05) is 0 Å². The van der Waals surface area contributed by atoms with Crippen LogP contribution in [0.25, 0.3) is 0 Å². The number of rotatable bonds is 9. The van der Waals surface area contributed by atoms with Crippen LogP contribution in [0.2, 0.25) is 0 Å². The van der Waals surface area contributed by atoms with Gasteiger partial charge in [0.1, 0.15) is 24.2 Å². The monoisotopic (exact) mass is 543 g/mol. The van der Waals surface area contributed by atoms with Crippen LogP contribution in [0.15, 0.2) is 83.8 Å². The molecule has 0 aliphatic carbocycles. The topological polar surface area (TPSA) is 86.8 Å². The van der Waals surface area contributed by atoms with Gasteiger partial charge in [-0.05, 0) is 81.8 Å². The predicted octanol–water partition coefficient (Wildman–Crippen LogP) is 4.49. The number of anilines is 1. The summed E-state index contributed by atoms with van der Waals surface area (Å²) in [6, 6.07) is 16.8. The van der Waals surface area contributed by atoms with Gasteiger partial charge in [-0.15, -0.1) is 0 Å². The molecule has 1 atom stereocenters. The third-order valence-corrected chi connectivity index (χ3v) is 7.44. The molecule has 0 aliphatic heterocycles. The van der Waals surface area contributed by atoms with E-state index in [1.165, 1.54) is 41.3 Å². The van der Waals surface area contributed by atoms with Gasteiger partial charge in [-0.1, -0.05) is 30.3 Å². The SMILES string of the molecule is CC(C(=O)NC(C)(C)C)N(Cc1ccc(F)cc1)C(=O)CN(c1ccccc1)S(=O)(=O)c1ccc(F)cc1. The van der Waals surface area contributed by atoms with E-state index in [1.54, 1.807) is 45.9 Å². The highest BCUT2D eigenvalue weighted by Gasteiger charge is 2.33. The van der Waals surface area contributed by atoms with Crippen LogP contribution in [0, 0.1) is 11.6 Å². The van der Waals surface area contributed by atoms with Crippen LogP contribution < -0.4 is 9.62 Å². The van der Waals surface area contributed by atoms with Gasteiger partial charge in [0.25, 0.3) is 10.0 Å². The number of nitrogens with one attached hydrogen (secondary N) is 1. The van der Waals surface area contributed by atoms with E-state index in [0.29, 0.717) is 5.56 Å². The van der Waals surface area contributed by atoms with Crippen LogP contribution in [-0.2, 0) is 26.2 Å². The Morgan fingerprint density at radius 2 is 1.39 bits per heavy atom. The second-order valence-corrected chi connectivity index (χ2v) is 11.7. The summed E-state index contributed by atoms with van der Waals surface area (Å²) in [6.07, 6.45) is 0. The number of carbonyl (C=O) groups is 2. The lowest BCUT2D eigenvalue weighted by molar-refractivity contribution is -0.140. The zero-order valence-corrected chi connectivity index (χ0v) is 22.5. The lowest BCUT2D eigenvalue weighted by atomic mass is 10.1. The third kappa shape index (κ3) is 7.38. The molecule has 2 amide bonds. The van der Waals surface area contributed by atoms with Crippen molar-refractivity contribution in [2.45, 2.75) is 50.7 Å². The van der Waals surface area contributed by atoms with Crippen LogP contribution >= 0.6 is 0 Å². The van der Waals surface area contributed by atoms with Crippen molar-refractivity contribution in [1.29, 1.82) is 0 Å². The van der Waals surface area contributed by atoms with Crippen molar-refractivity contribution in [2.75, 3.05) is 10.8 Å². The van der Waals surface area contributed by atoms with Crippen molar-refractivity contribution in [2.24, 2.45) is 0 Å². The van der Waals surface area contributed by atoms with Gasteiger partial charge in [0, 0.05) is 12.1 Å². The lowest BCUT2D eigenvalue weighted by Gasteiger charge is -2.33. The normalized spacial score (nSPS) is 12.5. The van der Waals surface area contributed by atoms with E-state index >= 15 is 0 Å². The maximum absolute atomic E-state index is 13.7. The predicted molar refractivity (Wildman–Crippen MR) is 142 cm³/mol. The van der Waals surface area contributed by atoms with E-state index in [0.717, 1.165) is 28.6 Å². The van der Waals surface area contributed by atoms with E-state index in [2.05, 4.69) is 5.32 Å².